The van der Waals surface area contributed by atoms with Gasteiger partial charge in [-0.1, -0.05) is 17.7 Å². The van der Waals surface area contributed by atoms with Crippen molar-refractivity contribution in [2.75, 3.05) is 11.1 Å². The number of rotatable bonds is 2. The molecule has 0 radical (unpaired) electrons. The quantitative estimate of drug-likeness (QED) is 0.704. The van der Waals surface area contributed by atoms with Crippen molar-refractivity contribution in [2.45, 2.75) is 5.25 Å². The van der Waals surface area contributed by atoms with E-state index in [0.29, 0.717) is 16.9 Å². The highest BCUT2D eigenvalue weighted by molar-refractivity contribution is 8.00. The number of hydrogen-bond donors (Lipinski definition) is 2. The van der Waals surface area contributed by atoms with E-state index in [1.165, 1.54) is 28.6 Å². The molecule has 1 aromatic carbocycles. The lowest BCUT2D eigenvalue weighted by atomic mass is 10.1. The highest BCUT2D eigenvalue weighted by Gasteiger charge is 2.30. The van der Waals surface area contributed by atoms with Gasteiger partial charge in [-0.25, -0.2) is 9.07 Å². The minimum absolute atomic E-state index is 0.156. The number of anilines is 1. The first-order chi connectivity index (χ1) is 12.5. The van der Waals surface area contributed by atoms with Crippen molar-refractivity contribution in [2.24, 2.45) is 0 Å². The molecule has 4 rings (SSSR count). The number of aromatic amines is 1. The number of nitrogens with zero attached hydrogens (tertiary/aromatic N) is 2. The van der Waals surface area contributed by atoms with E-state index >= 15 is 0 Å². The van der Waals surface area contributed by atoms with Crippen molar-refractivity contribution in [3.8, 4) is 5.69 Å². The molecule has 132 valence electrons. The van der Waals surface area contributed by atoms with Gasteiger partial charge in [0.1, 0.15) is 17.3 Å². The van der Waals surface area contributed by atoms with Crippen LogP contribution in [0.2, 0.25) is 5.02 Å². The lowest BCUT2D eigenvalue weighted by Crippen LogP contribution is -2.16. The van der Waals surface area contributed by atoms with Gasteiger partial charge in [-0.3, -0.25) is 9.59 Å². The van der Waals surface area contributed by atoms with Crippen LogP contribution in [0.3, 0.4) is 0 Å². The fraction of sp³-hybridized carbons (Fsp3) is 0.118. The number of benzene rings is 1. The first-order valence-corrected chi connectivity index (χ1v) is 9.09. The number of fused-ring (bicyclic) bond motifs is 1. The van der Waals surface area contributed by atoms with E-state index in [9.17, 15) is 14.0 Å². The normalized spacial score (nSPS) is 16.7. The third-order valence-electron chi connectivity index (χ3n) is 3.99. The summed E-state index contributed by atoms with van der Waals surface area (Å²) in [5.74, 6) is -0.308. The molecule has 3 heterocycles. The summed E-state index contributed by atoms with van der Waals surface area (Å²) in [5.41, 5.74) is 1.05. The first kappa shape index (κ1) is 16.9. The van der Waals surface area contributed by atoms with E-state index in [2.05, 4.69) is 15.4 Å². The van der Waals surface area contributed by atoms with Gasteiger partial charge in [-0.15, -0.1) is 11.8 Å². The minimum Gasteiger partial charge on any atom is -0.329 e. The van der Waals surface area contributed by atoms with Crippen LogP contribution in [0.5, 0.6) is 0 Å². The molecule has 0 spiro atoms. The number of carbonyl (C=O) groups is 1. The van der Waals surface area contributed by atoms with E-state index in [1.807, 2.05) is 0 Å². The van der Waals surface area contributed by atoms with Crippen LogP contribution in [0.4, 0.5) is 10.2 Å². The van der Waals surface area contributed by atoms with Crippen LogP contribution in [0.25, 0.3) is 5.69 Å². The molecule has 1 aliphatic heterocycles. The molecule has 0 bridgehead atoms. The van der Waals surface area contributed by atoms with E-state index in [0.717, 1.165) is 0 Å². The van der Waals surface area contributed by atoms with E-state index in [1.54, 1.807) is 30.6 Å². The zero-order valence-electron chi connectivity index (χ0n) is 13.2. The topological polar surface area (TPSA) is 79.8 Å². The molecule has 2 N–H and O–H groups in total. The minimum atomic E-state index is -0.566. The van der Waals surface area contributed by atoms with Crippen molar-refractivity contribution in [1.82, 2.24) is 14.8 Å². The Morgan fingerprint density at radius 1 is 1.27 bits per heavy atom. The summed E-state index contributed by atoms with van der Waals surface area (Å²) >= 11 is 7.13. The molecular formula is C17H12ClFN4O2S. The predicted molar refractivity (Wildman–Crippen MR) is 98.5 cm³/mol. The lowest BCUT2D eigenvalue weighted by Gasteiger charge is -2.13. The number of amides is 1. The summed E-state index contributed by atoms with van der Waals surface area (Å²) < 4.78 is 15.7. The second-order valence-corrected chi connectivity index (χ2v) is 7.18. The third-order valence-corrected chi connectivity index (χ3v) is 5.49. The van der Waals surface area contributed by atoms with Gasteiger partial charge in [0.2, 0.25) is 5.91 Å². The fourth-order valence-electron chi connectivity index (χ4n) is 2.83. The third kappa shape index (κ3) is 2.91. The average molecular weight is 391 g/mol. The molecule has 9 heteroatoms. The maximum atomic E-state index is 14.3. The van der Waals surface area contributed by atoms with Gasteiger partial charge in [-0.2, -0.15) is 5.10 Å². The van der Waals surface area contributed by atoms with Crippen LogP contribution < -0.4 is 10.9 Å². The number of halogens is 2. The molecule has 0 fully saturated rings. The Labute approximate surface area is 156 Å². The Balaban J connectivity index is 1.89. The molecular weight excluding hydrogens is 379 g/mol. The lowest BCUT2D eigenvalue weighted by molar-refractivity contribution is -0.113. The van der Waals surface area contributed by atoms with Gasteiger partial charge in [0, 0.05) is 22.3 Å². The number of hydrogen-bond acceptors (Lipinski definition) is 4. The Morgan fingerprint density at radius 3 is 2.88 bits per heavy atom. The van der Waals surface area contributed by atoms with Gasteiger partial charge in [0.15, 0.2) is 0 Å². The maximum Gasteiger partial charge on any atom is 0.252 e. The highest BCUT2D eigenvalue weighted by atomic mass is 35.5. The number of thioether (sulfide) groups is 1. The van der Waals surface area contributed by atoms with Crippen molar-refractivity contribution in [1.29, 1.82) is 0 Å². The van der Waals surface area contributed by atoms with Crippen molar-refractivity contribution in [3.05, 3.63) is 75.0 Å². The number of nitrogens with one attached hydrogen (secondary N) is 2. The summed E-state index contributed by atoms with van der Waals surface area (Å²) in [6, 6.07) is 7.63. The summed E-state index contributed by atoms with van der Waals surface area (Å²) in [5, 5.41) is 6.85. The largest absolute Gasteiger partial charge is 0.329 e. The Hall–Kier alpha value is -2.58. The van der Waals surface area contributed by atoms with Gasteiger partial charge < -0.3 is 10.3 Å². The smallest absolute Gasteiger partial charge is 0.252 e. The molecule has 0 aliphatic carbocycles. The standard InChI is InChI=1S/C17H12ClFN4O2S/c18-9-3-4-13(12(19)6-9)23-16-11(7-21-23)15(26-8-14(24)22-16)10-2-1-5-20-17(10)25/h1-7,15H,8H2,(H,20,25)(H,22,24)/t15-/m1/s1. The average Bonchev–Trinajstić information content (AvgIpc) is 2.92. The van der Waals surface area contributed by atoms with Crippen LogP contribution in [0, 0.1) is 5.82 Å². The Morgan fingerprint density at radius 2 is 2.12 bits per heavy atom. The number of carbonyl (C=O) groups excluding carboxylic acids is 1. The van der Waals surface area contributed by atoms with Gasteiger partial charge in [0.25, 0.3) is 5.56 Å². The van der Waals surface area contributed by atoms with E-state index in [-0.39, 0.29) is 27.9 Å². The molecule has 1 aliphatic rings. The van der Waals surface area contributed by atoms with Crippen LogP contribution in [0.15, 0.2) is 47.5 Å². The summed E-state index contributed by atoms with van der Waals surface area (Å²) in [6.45, 7) is 0. The monoisotopic (exact) mass is 390 g/mol. The van der Waals surface area contributed by atoms with Crippen LogP contribution >= 0.6 is 23.4 Å². The second-order valence-electron chi connectivity index (χ2n) is 5.65. The zero-order valence-corrected chi connectivity index (χ0v) is 14.8. The summed E-state index contributed by atoms with van der Waals surface area (Å²) in [7, 11) is 0. The molecule has 26 heavy (non-hydrogen) atoms. The fourth-order valence-corrected chi connectivity index (χ4v) is 4.10. The summed E-state index contributed by atoms with van der Waals surface area (Å²) in [6.07, 6.45) is 3.09. The molecule has 0 saturated heterocycles. The molecule has 0 unspecified atom stereocenters. The molecule has 6 nitrogen and oxygen atoms in total. The maximum absolute atomic E-state index is 14.3. The summed E-state index contributed by atoms with van der Waals surface area (Å²) in [4.78, 5) is 27.0. The van der Waals surface area contributed by atoms with Crippen molar-refractivity contribution < 1.29 is 9.18 Å². The number of aromatic nitrogens is 3. The van der Waals surface area contributed by atoms with Crippen molar-refractivity contribution >= 4 is 35.1 Å². The Bertz CT molecular complexity index is 1060. The highest BCUT2D eigenvalue weighted by Crippen LogP contribution is 2.41. The molecule has 2 aromatic heterocycles. The van der Waals surface area contributed by atoms with Gasteiger partial charge >= 0.3 is 0 Å². The predicted octanol–water partition coefficient (Wildman–Crippen LogP) is 3.13. The number of pyridine rings is 1. The van der Waals surface area contributed by atoms with Crippen LogP contribution in [0.1, 0.15) is 16.4 Å². The van der Waals surface area contributed by atoms with E-state index < -0.39 is 11.1 Å². The van der Waals surface area contributed by atoms with Gasteiger partial charge in [0.05, 0.1) is 17.2 Å². The molecule has 0 saturated carbocycles. The molecule has 3 aromatic rings. The first-order valence-electron chi connectivity index (χ1n) is 7.67. The second kappa shape index (κ2) is 6.62. The zero-order chi connectivity index (χ0) is 18.3. The molecule has 1 amide bonds. The van der Waals surface area contributed by atoms with Crippen LogP contribution in [-0.4, -0.2) is 26.4 Å². The number of H-pyrrole nitrogens is 1. The van der Waals surface area contributed by atoms with Crippen molar-refractivity contribution in [3.63, 3.8) is 0 Å². The van der Waals surface area contributed by atoms with Gasteiger partial charge in [-0.05, 0) is 24.3 Å². The van der Waals surface area contributed by atoms with Crippen LogP contribution in [-0.2, 0) is 4.79 Å². The molecule has 1 atom stereocenters. The van der Waals surface area contributed by atoms with E-state index in [4.69, 9.17) is 11.6 Å². The SMILES string of the molecule is O=C1CS[C@H](c2ccc[nH]c2=O)c2cnn(-c3ccc(Cl)cc3F)c2N1. The Kier molecular flexibility index (Phi) is 4.29.